The molecule has 0 saturated carbocycles. The van der Waals surface area contributed by atoms with Crippen LogP contribution in [0.25, 0.3) is 54.9 Å². The minimum Gasteiger partial charge on any atom is -0.507 e. The molecule has 0 radical (unpaired) electrons. The Balaban J connectivity index is 1.77. The van der Waals surface area contributed by atoms with Crippen molar-refractivity contribution in [3.05, 3.63) is 108 Å². The number of phenols is 2. The van der Waals surface area contributed by atoms with E-state index in [0.717, 1.165) is 24.3 Å². The van der Waals surface area contributed by atoms with E-state index in [2.05, 4.69) is 0 Å². The maximum absolute atomic E-state index is 14.5. The lowest BCUT2D eigenvalue weighted by Crippen LogP contribution is -1.97. The number of halogens is 4. The molecule has 0 bridgehead atoms. The molecule has 0 atom stereocenters. The molecule has 0 aliphatic heterocycles. The van der Waals surface area contributed by atoms with Crippen LogP contribution in [0.15, 0.2) is 84.9 Å². The minimum absolute atomic E-state index is 0.0141. The number of methoxy groups -OCH3 is 2. The molecule has 8 heteroatoms. The van der Waals surface area contributed by atoms with Gasteiger partial charge in [0.05, 0.1) is 14.2 Å². The number of aromatic hydroxyl groups is 2. The lowest BCUT2D eigenvalue weighted by atomic mass is 9.86. The van der Waals surface area contributed by atoms with Crippen LogP contribution >= 0.6 is 0 Å². The van der Waals surface area contributed by atoms with E-state index in [0.29, 0.717) is 21.5 Å². The van der Waals surface area contributed by atoms with Gasteiger partial charge < -0.3 is 19.7 Å². The summed E-state index contributed by atoms with van der Waals surface area (Å²) in [5.74, 6) is -5.22. The molecule has 42 heavy (non-hydrogen) atoms. The summed E-state index contributed by atoms with van der Waals surface area (Å²) < 4.78 is 67.8. The Morgan fingerprint density at radius 1 is 0.476 bits per heavy atom. The van der Waals surface area contributed by atoms with Crippen LogP contribution in [0, 0.1) is 23.3 Å². The van der Waals surface area contributed by atoms with Gasteiger partial charge in [0.15, 0.2) is 23.3 Å². The van der Waals surface area contributed by atoms with Gasteiger partial charge in [0.2, 0.25) is 0 Å². The maximum Gasteiger partial charge on any atom is 0.162 e. The van der Waals surface area contributed by atoms with Crippen molar-refractivity contribution >= 4 is 21.5 Å². The van der Waals surface area contributed by atoms with Crippen molar-refractivity contribution in [2.24, 2.45) is 0 Å². The summed E-state index contributed by atoms with van der Waals surface area (Å²) in [6.45, 7) is 0. The number of fused-ring (bicyclic) bond motifs is 2. The van der Waals surface area contributed by atoms with E-state index in [1.165, 1.54) is 14.2 Å². The third kappa shape index (κ3) is 4.23. The number of ether oxygens (including phenoxy) is 2. The fourth-order valence-corrected chi connectivity index (χ4v) is 5.41. The van der Waals surface area contributed by atoms with Crippen molar-refractivity contribution in [3.8, 4) is 56.4 Å². The standard InChI is InChI=1S/C34H22F4O4/c1-41-29-15-27(37)25(35)13-21(29)23-11-17-7-3-5-9-19(17)31(33(23)39)32-20-10-6-4-8-18(20)12-24(34(32)40)22-14-26(36)28(38)16-30(22)42-2/h3-16,39-40H,1-2H3. The van der Waals surface area contributed by atoms with Crippen LogP contribution in [0.3, 0.4) is 0 Å². The normalized spacial score (nSPS) is 11.3. The summed E-state index contributed by atoms with van der Waals surface area (Å²) in [5, 5.41) is 26.1. The Hall–Kier alpha value is -5.24. The highest BCUT2D eigenvalue weighted by Gasteiger charge is 2.26. The molecular weight excluding hydrogens is 548 g/mol. The van der Waals surface area contributed by atoms with Gasteiger partial charge in [0.1, 0.15) is 23.0 Å². The van der Waals surface area contributed by atoms with Gasteiger partial charge in [-0.25, -0.2) is 17.6 Å². The van der Waals surface area contributed by atoms with Gasteiger partial charge >= 0.3 is 0 Å². The molecule has 0 spiro atoms. The summed E-state index contributed by atoms with van der Waals surface area (Å²) in [7, 11) is 2.60. The monoisotopic (exact) mass is 570 g/mol. The molecule has 6 rings (SSSR count). The first-order chi connectivity index (χ1) is 20.2. The summed E-state index contributed by atoms with van der Waals surface area (Å²) in [6.07, 6.45) is 0. The Bertz CT molecular complexity index is 1890. The Kier molecular flexibility index (Phi) is 6.61. The SMILES string of the molecule is COc1cc(F)c(F)cc1-c1cc2ccccc2c(-c2c(O)c(-c3cc(F)c(F)cc3OC)cc3ccccc23)c1O. The molecule has 210 valence electrons. The van der Waals surface area contributed by atoms with Gasteiger partial charge in [0.25, 0.3) is 0 Å². The predicted octanol–water partition coefficient (Wildman–Crippen LogP) is 8.98. The Morgan fingerprint density at radius 2 is 0.833 bits per heavy atom. The molecule has 0 unspecified atom stereocenters. The average Bonchev–Trinajstić information content (AvgIpc) is 2.99. The molecule has 2 N–H and O–H groups in total. The summed E-state index contributed by atoms with van der Waals surface area (Å²) >= 11 is 0. The molecule has 4 nitrogen and oxygen atoms in total. The second-order valence-corrected chi connectivity index (χ2v) is 9.67. The van der Waals surface area contributed by atoms with E-state index in [1.54, 1.807) is 60.7 Å². The van der Waals surface area contributed by atoms with E-state index in [1.807, 2.05) is 0 Å². The zero-order valence-corrected chi connectivity index (χ0v) is 22.3. The van der Waals surface area contributed by atoms with E-state index >= 15 is 0 Å². The van der Waals surface area contributed by atoms with Crippen molar-refractivity contribution in [2.45, 2.75) is 0 Å². The lowest BCUT2D eigenvalue weighted by Gasteiger charge is -2.20. The second kappa shape index (κ2) is 10.3. The van der Waals surface area contributed by atoms with Crippen molar-refractivity contribution in [3.63, 3.8) is 0 Å². The highest BCUT2D eigenvalue weighted by Crippen LogP contribution is 2.53. The second-order valence-electron chi connectivity index (χ2n) is 9.67. The van der Waals surface area contributed by atoms with E-state index in [9.17, 15) is 27.8 Å². The van der Waals surface area contributed by atoms with Gasteiger partial charge in [-0.3, -0.25) is 0 Å². The predicted molar refractivity (Wildman–Crippen MR) is 154 cm³/mol. The van der Waals surface area contributed by atoms with Gasteiger partial charge in [-0.2, -0.15) is 0 Å². The first-order valence-corrected chi connectivity index (χ1v) is 12.8. The van der Waals surface area contributed by atoms with Crippen LogP contribution in [-0.4, -0.2) is 24.4 Å². The largest absolute Gasteiger partial charge is 0.507 e. The zero-order valence-electron chi connectivity index (χ0n) is 22.3. The topological polar surface area (TPSA) is 58.9 Å². The van der Waals surface area contributed by atoms with Crippen LogP contribution in [-0.2, 0) is 0 Å². The van der Waals surface area contributed by atoms with Crippen molar-refractivity contribution < 1.29 is 37.2 Å². The van der Waals surface area contributed by atoms with Crippen LogP contribution in [0.2, 0.25) is 0 Å². The fraction of sp³-hybridized carbons (Fsp3) is 0.0588. The number of hydrogen-bond acceptors (Lipinski definition) is 4. The van der Waals surface area contributed by atoms with Gasteiger partial charge in [-0.05, 0) is 45.8 Å². The molecule has 0 saturated heterocycles. The zero-order chi connectivity index (χ0) is 29.7. The van der Waals surface area contributed by atoms with Crippen LogP contribution in [0.5, 0.6) is 23.0 Å². The molecular formula is C34H22F4O4. The summed E-state index contributed by atoms with van der Waals surface area (Å²) in [5.41, 5.74) is 0.794. The molecule has 0 heterocycles. The summed E-state index contributed by atoms with van der Waals surface area (Å²) in [4.78, 5) is 0. The minimum atomic E-state index is -1.14. The van der Waals surface area contributed by atoms with E-state index in [-0.39, 0.29) is 56.4 Å². The molecule has 0 fully saturated rings. The van der Waals surface area contributed by atoms with Crippen LogP contribution < -0.4 is 9.47 Å². The molecule has 0 aliphatic carbocycles. The fourth-order valence-electron chi connectivity index (χ4n) is 5.41. The van der Waals surface area contributed by atoms with Gasteiger partial charge in [-0.1, -0.05) is 48.5 Å². The van der Waals surface area contributed by atoms with Crippen molar-refractivity contribution in [2.75, 3.05) is 14.2 Å². The molecule has 0 amide bonds. The number of hydrogen-bond donors (Lipinski definition) is 2. The third-order valence-electron chi connectivity index (χ3n) is 7.36. The van der Waals surface area contributed by atoms with E-state index < -0.39 is 23.3 Å². The third-order valence-corrected chi connectivity index (χ3v) is 7.36. The molecule has 6 aromatic carbocycles. The lowest BCUT2D eigenvalue weighted by molar-refractivity contribution is 0.407. The number of benzene rings is 6. The van der Waals surface area contributed by atoms with Gasteiger partial charge in [-0.15, -0.1) is 0 Å². The highest BCUT2D eigenvalue weighted by molar-refractivity contribution is 6.14. The molecule has 0 aromatic heterocycles. The van der Waals surface area contributed by atoms with Crippen molar-refractivity contribution in [1.82, 2.24) is 0 Å². The summed E-state index contributed by atoms with van der Waals surface area (Å²) in [6, 6.07) is 21.0. The number of rotatable bonds is 5. The Labute approximate surface area is 237 Å². The first-order valence-electron chi connectivity index (χ1n) is 12.8. The van der Waals surface area contributed by atoms with Crippen molar-refractivity contribution in [1.29, 1.82) is 0 Å². The number of phenolic OH excluding ortho intramolecular Hbond substituents is 2. The molecule has 6 aromatic rings. The van der Waals surface area contributed by atoms with Crippen LogP contribution in [0.1, 0.15) is 0 Å². The molecule has 0 aliphatic rings. The van der Waals surface area contributed by atoms with Gasteiger partial charge in [0, 0.05) is 45.5 Å². The average molecular weight is 571 g/mol. The first kappa shape index (κ1) is 27.0. The highest BCUT2D eigenvalue weighted by atomic mass is 19.2. The van der Waals surface area contributed by atoms with E-state index in [4.69, 9.17) is 9.47 Å². The van der Waals surface area contributed by atoms with Crippen LogP contribution in [0.4, 0.5) is 17.6 Å². The smallest absolute Gasteiger partial charge is 0.162 e. The quantitative estimate of drug-likeness (QED) is 0.203. The Morgan fingerprint density at radius 3 is 1.21 bits per heavy atom. The maximum atomic E-state index is 14.5.